The predicted octanol–water partition coefficient (Wildman–Crippen LogP) is 1.62. The van der Waals surface area contributed by atoms with Crippen molar-refractivity contribution in [2.75, 3.05) is 7.11 Å². The van der Waals surface area contributed by atoms with Crippen molar-refractivity contribution in [3.63, 3.8) is 0 Å². The van der Waals surface area contributed by atoms with Crippen LogP contribution in [0.4, 0.5) is 0 Å². The average molecular weight is 288 g/mol. The van der Waals surface area contributed by atoms with Gasteiger partial charge < -0.3 is 10.5 Å². The van der Waals surface area contributed by atoms with Crippen LogP contribution in [0.25, 0.3) is 0 Å². The average Bonchev–Trinajstić information content (AvgIpc) is 2.20. The predicted molar refractivity (Wildman–Crippen MR) is 67.4 cm³/mol. The topological polar surface area (TPSA) is 65.2 Å². The SMILES string of the molecule is COC(=O)[C@H](N)Cc1ccc(Cl)cn1.Cl.Cl. The molecule has 92 valence electrons. The highest BCUT2D eigenvalue weighted by atomic mass is 35.5. The molecule has 0 unspecified atom stereocenters. The lowest BCUT2D eigenvalue weighted by molar-refractivity contribution is -0.142. The van der Waals surface area contributed by atoms with Gasteiger partial charge in [-0.2, -0.15) is 0 Å². The Labute approximate surface area is 111 Å². The van der Waals surface area contributed by atoms with Crippen LogP contribution in [-0.4, -0.2) is 24.1 Å². The number of ether oxygens (including phenoxy) is 1. The second-order valence-corrected chi connectivity index (χ2v) is 3.24. The van der Waals surface area contributed by atoms with Crippen LogP contribution < -0.4 is 5.73 Å². The number of carbonyl (C=O) groups excluding carboxylic acids is 1. The number of methoxy groups -OCH3 is 1. The molecule has 0 saturated heterocycles. The number of halogens is 3. The fourth-order valence-corrected chi connectivity index (χ4v) is 1.10. The van der Waals surface area contributed by atoms with Gasteiger partial charge in [-0.3, -0.25) is 9.78 Å². The fourth-order valence-electron chi connectivity index (χ4n) is 0.987. The number of hydrogen-bond donors (Lipinski definition) is 1. The molecule has 0 fully saturated rings. The number of carbonyl (C=O) groups is 1. The van der Waals surface area contributed by atoms with Gasteiger partial charge in [-0.15, -0.1) is 24.8 Å². The van der Waals surface area contributed by atoms with E-state index in [-0.39, 0.29) is 24.8 Å². The lowest BCUT2D eigenvalue weighted by Gasteiger charge is -2.07. The molecule has 1 heterocycles. The smallest absolute Gasteiger partial charge is 0.323 e. The van der Waals surface area contributed by atoms with Crippen LogP contribution in [0, 0.1) is 0 Å². The number of esters is 1. The minimum atomic E-state index is -0.673. The first-order chi connectivity index (χ1) is 6.63. The van der Waals surface area contributed by atoms with E-state index in [0.717, 1.165) is 0 Å². The molecule has 1 atom stereocenters. The summed E-state index contributed by atoms with van der Waals surface area (Å²) in [6.07, 6.45) is 1.87. The lowest BCUT2D eigenvalue weighted by atomic mass is 10.1. The summed E-state index contributed by atoms with van der Waals surface area (Å²) >= 11 is 5.65. The van der Waals surface area contributed by atoms with E-state index in [1.807, 2.05) is 0 Å². The summed E-state index contributed by atoms with van der Waals surface area (Å²) in [5.74, 6) is -0.443. The second kappa shape index (κ2) is 8.58. The van der Waals surface area contributed by atoms with Crippen LogP contribution >= 0.6 is 36.4 Å². The molecule has 1 aromatic rings. The molecule has 16 heavy (non-hydrogen) atoms. The van der Waals surface area contributed by atoms with Crippen molar-refractivity contribution in [2.24, 2.45) is 5.73 Å². The van der Waals surface area contributed by atoms with Gasteiger partial charge in [0.15, 0.2) is 0 Å². The minimum Gasteiger partial charge on any atom is -0.468 e. The van der Waals surface area contributed by atoms with Crippen molar-refractivity contribution in [1.29, 1.82) is 0 Å². The van der Waals surface area contributed by atoms with Crippen molar-refractivity contribution < 1.29 is 9.53 Å². The zero-order chi connectivity index (χ0) is 10.6. The first-order valence-corrected chi connectivity index (χ1v) is 4.45. The van der Waals surface area contributed by atoms with Gasteiger partial charge in [-0.05, 0) is 12.1 Å². The Morgan fingerprint density at radius 3 is 2.62 bits per heavy atom. The summed E-state index contributed by atoms with van der Waals surface area (Å²) < 4.78 is 4.49. The Morgan fingerprint density at radius 1 is 1.56 bits per heavy atom. The maximum absolute atomic E-state index is 11.0. The van der Waals surface area contributed by atoms with Crippen molar-refractivity contribution in [2.45, 2.75) is 12.5 Å². The highest BCUT2D eigenvalue weighted by Crippen LogP contribution is 2.07. The van der Waals surface area contributed by atoms with E-state index in [0.29, 0.717) is 17.1 Å². The van der Waals surface area contributed by atoms with E-state index >= 15 is 0 Å². The van der Waals surface area contributed by atoms with Crippen molar-refractivity contribution >= 4 is 42.4 Å². The highest BCUT2D eigenvalue weighted by molar-refractivity contribution is 6.30. The lowest BCUT2D eigenvalue weighted by Crippen LogP contribution is -2.33. The Morgan fingerprint density at radius 2 is 2.19 bits per heavy atom. The summed E-state index contributed by atoms with van der Waals surface area (Å²) in [7, 11) is 1.30. The number of aromatic nitrogens is 1. The standard InChI is InChI=1S/C9H11ClN2O2.2ClH/c1-14-9(13)8(11)4-7-3-2-6(10)5-12-7;;/h2-3,5,8H,4,11H2,1H3;2*1H/t8-;;/m1../s1. The molecule has 0 aliphatic heterocycles. The van der Waals surface area contributed by atoms with Gasteiger partial charge >= 0.3 is 5.97 Å². The van der Waals surface area contributed by atoms with E-state index in [4.69, 9.17) is 17.3 Å². The van der Waals surface area contributed by atoms with E-state index < -0.39 is 12.0 Å². The summed E-state index contributed by atoms with van der Waals surface area (Å²) in [5.41, 5.74) is 6.27. The third-order valence-corrected chi connectivity index (χ3v) is 1.95. The molecule has 0 bridgehead atoms. The van der Waals surface area contributed by atoms with Crippen LogP contribution in [0.1, 0.15) is 5.69 Å². The van der Waals surface area contributed by atoms with Crippen LogP contribution in [0.15, 0.2) is 18.3 Å². The van der Waals surface area contributed by atoms with Gasteiger partial charge in [0.05, 0.1) is 12.1 Å². The number of nitrogens with zero attached hydrogens (tertiary/aromatic N) is 1. The van der Waals surface area contributed by atoms with Gasteiger partial charge in [0, 0.05) is 18.3 Å². The Balaban J connectivity index is 0. The van der Waals surface area contributed by atoms with Crippen molar-refractivity contribution in [3.8, 4) is 0 Å². The molecule has 7 heteroatoms. The zero-order valence-corrected chi connectivity index (χ0v) is 10.9. The molecule has 1 rings (SSSR count). The number of hydrogen-bond acceptors (Lipinski definition) is 4. The zero-order valence-electron chi connectivity index (χ0n) is 8.55. The molecule has 0 amide bonds. The molecule has 0 aromatic carbocycles. The molecule has 4 nitrogen and oxygen atoms in total. The van der Waals surface area contributed by atoms with E-state index in [9.17, 15) is 4.79 Å². The maximum atomic E-state index is 11.0. The molecular weight excluding hydrogens is 274 g/mol. The highest BCUT2D eigenvalue weighted by Gasteiger charge is 2.14. The molecule has 0 spiro atoms. The van der Waals surface area contributed by atoms with Crippen LogP contribution in [0.5, 0.6) is 0 Å². The van der Waals surface area contributed by atoms with Crippen molar-refractivity contribution in [1.82, 2.24) is 4.98 Å². The molecule has 0 radical (unpaired) electrons. The van der Waals surface area contributed by atoms with E-state index in [2.05, 4.69) is 9.72 Å². The van der Waals surface area contributed by atoms with E-state index in [1.54, 1.807) is 12.1 Å². The summed E-state index contributed by atoms with van der Waals surface area (Å²) in [6.45, 7) is 0. The van der Waals surface area contributed by atoms with Gasteiger partial charge in [-0.1, -0.05) is 11.6 Å². The first kappa shape index (κ1) is 17.8. The Bertz CT molecular complexity index is 319. The number of pyridine rings is 1. The number of nitrogens with two attached hydrogens (primary N) is 1. The van der Waals surface area contributed by atoms with Crippen LogP contribution in [0.2, 0.25) is 5.02 Å². The summed E-state index contributed by atoms with van der Waals surface area (Å²) in [6, 6.07) is 2.76. The third-order valence-electron chi connectivity index (χ3n) is 1.72. The molecular formula is C9H13Cl3N2O2. The van der Waals surface area contributed by atoms with Gasteiger partial charge in [0.1, 0.15) is 6.04 Å². The molecule has 2 N–H and O–H groups in total. The first-order valence-electron chi connectivity index (χ1n) is 4.07. The summed E-state index contributed by atoms with van der Waals surface area (Å²) in [4.78, 5) is 15.0. The van der Waals surface area contributed by atoms with Crippen molar-refractivity contribution in [3.05, 3.63) is 29.0 Å². The Kier molecular flexibility index (Phi) is 9.57. The molecule has 0 aliphatic rings. The monoisotopic (exact) mass is 286 g/mol. The normalized spacial score (nSPS) is 10.7. The largest absolute Gasteiger partial charge is 0.468 e. The second-order valence-electron chi connectivity index (χ2n) is 2.80. The minimum absolute atomic E-state index is 0. The summed E-state index contributed by atoms with van der Waals surface area (Å²) in [5, 5.41) is 0.556. The molecule has 0 saturated carbocycles. The molecule has 0 aliphatic carbocycles. The van der Waals surface area contributed by atoms with Crippen LogP contribution in [-0.2, 0) is 16.0 Å². The quantitative estimate of drug-likeness (QED) is 0.858. The fraction of sp³-hybridized carbons (Fsp3) is 0.333. The maximum Gasteiger partial charge on any atom is 0.323 e. The van der Waals surface area contributed by atoms with Gasteiger partial charge in [-0.25, -0.2) is 0 Å². The van der Waals surface area contributed by atoms with Gasteiger partial charge in [0.25, 0.3) is 0 Å². The van der Waals surface area contributed by atoms with Gasteiger partial charge in [0.2, 0.25) is 0 Å². The Hall–Kier alpha value is -0.550. The van der Waals surface area contributed by atoms with E-state index in [1.165, 1.54) is 13.3 Å². The van der Waals surface area contributed by atoms with Crippen LogP contribution in [0.3, 0.4) is 0 Å². The third kappa shape index (κ3) is 5.51. The number of rotatable bonds is 3. The molecule has 1 aromatic heterocycles.